The highest BCUT2D eigenvalue weighted by molar-refractivity contribution is 9.10. The molecule has 0 heterocycles. The normalized spacial score (nSPS) is 12.4. The van der Waals surface area contributed by atoms with E-state index in [9.17, 15) is 13.5 Å². The van der Waals surface area contributed by atoms with E-state index in [1.54, 1.807) is 54.6 Å². The van der Waals surface area contributed by atoms with E-state index in [2.05, 4.69) is 15.9 Å². The Morgan fingerprint density at radius 3 is 2.07 bits per heavy atom. The van der Waals surface area contributed by atoms with Crippen LogP contribution in [0.25, 0.3) is 0 Å². The molecule has 0 spiro atoms. The molecule has 0 fully saturated rings. The molecule has 3 aromatic carbocycles. The summed E-state index contributed by atoms with van der Waals surface area (Å²) in [5.74, 6) is 0.597. The van der Waals surface area contributed by atoms with Crippen molar-refractivity contribution in [1.82, 2.24) is 0 Å². The van der Waals surface area contributed by atoms with E-state index in [1.165, 1.54) is 16.4 Å². The van der Waals surface area contributed by atoms with Gasteiger partial charge in [0.2, 0.25) is 0 Å². The van der Waals surface area contributed by atoms with Crippen LogP contribution in [0, 0.1) is 0 Å². The number of benzene rings is 3. The number of nitrogens with zero attached hydrogens (tertiary/aromatic N) is 1. The number of ether oxygens (including phenoxy) is 1. The molecule has 28 heavy (non-hydrogen) atoms. The fourth-order valence-electron chi connectivity index (χ4n) is 2.62. The van der Waals surface area contributed by atoms with Crippen LogP contribution in [-0.2, 0) is 10.0 Å². The summed E-state index contributed by atoms with van der Waals surface area (Å²) in [6.07, 6.45) is -1.01. The molecule has 7 heteroatoms. The second-order valence-electron chi connectivity index (χ2n) is 6.10. The summed E-state index contributed by atoms with van der Waals surface area (Å²) >= 11 is 3.35. The molecule has 146 valence electrons. The fourth-order valence-corrected chi connectivity index (χ4v) is 4.41. The Balaban J connectivity index is 1.79. The Morgan fingerprint density at radius 2 is 1.46 bits per heavy atom. The molecule has 0 aliphatic heterocycles. The second-order valence-corrected chi connectivity index (χ2v) is 8.88. The molecule has 1 N–H and O–H groups in total. The number of para-hydroxylation sites is 1. The smallest absolute Gasteiger partial charge is 0.264 e. The van der Waals surface area contributed by atoms with Crippen LogP contribution in [-0.4, -0.2) is 32.8 Å². The third-order valence-electron chi connectivity index (χ3n) is 4.01. The predicted octanol–water partition coefficient (Wildman–Crippen LogP) is 4.08. The van der Waals surface area contributed by atoms with Gasteiger partial charge < -0.3 is 9.84 Å². The van der Waals surface area contributed by atoms with E-state index in [-0.39, 0.29) is 18.0 Å². The highest BCUT2D eigenvalue weighted by atomic mass is 79.9. The third kappa shape index (κ3) is 5.13. The minimum Gasteiger partial charge on any atom is -0.491 e. The highest BCUT2D eigenvalue weighted by Crippen LogP contribution is 2.24. The van der Waals surface area contributed by atoms with Gasteiger partial charge in [0.1, 0.15) is 18.5 Å². The minimum absolute atomic E-state index is 0.0325. The molecule has 1 atom stereocenters. The first-order valence-corrected chi connectivity index (χ1v) is 10.9. The van der Waals surface area contributed by atoms with Crippen molar-refractivity contribution in [3.05, 3.63) is 89.4 Å². The highest BCUT2D eigenvalue weighted by Gasteiger charge is 2.27. The van der Waals surface area contributed by atoms with Gasteiger partial charge in [-0.25, -0.2) is 8.42 Å². The molecular formula is C21H20BrNO4S. The van der Waals surface area contributed by atoms with Crippen molar-refractivity contribution in [3.8, 4) is 5.75 Å². The molecule has 3 rings (SSSR count). The van der Waals surface area contributed by atoms with Gasteiger partial charge in [0.25, 0.3) is 10.0 Å². The van der Waals surface area contributed by atoms with E-state index >= 15 is 0 Å². The lowest BCUT2D eigenvalue weighted by atomic mass is 10.3. The van der Waals surface area contributed by atoms with Crippen LogP contribution < -0.4 is 9.04 Å². The standard InChI is InChI=1S/C21H20BrNO4S/c22-17-11-13-20(14-12-17)27-16-19(24)15-23(18-7-3-1-4-8-18)28(25,26)21-9-5-2-6-10-21/h1-14,19,24H,15-16H2. The van der Waals surface area contributed by atoms with Crippen molar-refractivity contribution in [3.63, 3.8) is 0 Å². The lowest BCUT2D eigenvalue weighted by molar-refractivity contribution is 0.115. The first kappa shape index (κ1) is 20.4. The maximum atomic E-state index is 13.1. The zero-order valence-corrected chi connectivity index (χ0v) is 17.4. The van der Waals surface area contributed by atoms with Gasteiger partial charge in [-0.2, -0.15) is 0 Å². The van der Waals surface area contributed by atoms with Crippen LogP contribution in [0.3, 0.4) is 0 Å². The van der Waals surface area contributed by atoms with Gasteiger partial charge in [-0.15, -0.1) is 0 Å². The van der Waals surface area contributed by atoms with Crippen LogP contribution in [0.2, 0.25) is 0 Å². The first-order valence-electron chi connectivity index (χ1n) is 8.66. The van der Waals surface area contributed by atoms with E-state index in [0.717, 1.165) is 4.47 Å². The van der Waals surface area contributed by atoms with Crippen LogP contribution in [0.5, 0.6) is 5.75 Å². The predicted molar refractivity (Wildman–Crippen MR) is 113 cm³/mol. The maximum absolute atomic E-state index is 13.1. The molecule has 0 saturated carbocycles. The number of rotatable bonds is 8. The Kier molecular flexibility index (Phi) is 6.72. The van der Waals surface area contributed by atoms with E-state index < -0.39 is 16.1 Å². The summed E-state index contributed by atoms with van der Waals surface area (Å²) in [5, 5.41) is 10.5. The number of anilines is 1. The van der Waals surface area contributed by atoms with Gasteiger partial charge in [0, 0.05) is 4.47 Å². The van der Waals surface area contributed by atoms with Crippen LogP contribution in [0.4, 0.5) is 5.69 Å². The minimum atomic E-state index is -3.83. The summed E-state index contributed by atoms with van der Waals surface area (Å²) in [6, 6.07) is 24.1. The molecule has 5 nitrogen and oxygen atoms in total. The molecule has 0 aromatic heterocycles. The lowest BCUT2D eigenvalue weighted by Crippen LogP contribution is -2.39. The summed E-state index contributed by atoms with van der Waals surface area (Å²) in [7, 11) is -3.83. The van der Waals surface area contributed by atoms with Crippen molar-refractivity contribution in [1.29, 1.82) is 0 Å². The summed E-state index contributed by atoms with van der Waals surface area (Å²) < 4.78 is 34.0. The van der Waals surface area contributed by atoms with Gasteiger partial charge in [0.15, 0.2) is 0 Å². The Bertz CT molecular complexity index is 980. The van der Waals surface area contributed by atoms with Crippen molar-refractivity contribution >= 4 is 31.6 Å². The molecule has 0 bridgehead atoms. The van der Waals surface area contributed by atoms with Crippen LogP contribution >= 0.6 is 15.9 Å². The first-order chi connectivity index (χ1) is 13.5. The fraction of sp³-hybridized carbons (Fsp3) is 0.143. The Hall–Kier alpha value is -2.35. The topological polar surface area (TPSA) is 66.8 Å². The molecule has 0 aliphatic rings. The molecular weight excluding hydrogens is 442 g/mol. The molecule has 3 aromatic rings. The number of aliphatic hydroxyl groups is 1. The van der Waals surface area contributed by atoms with Gasteiger partial charge in [-0.3, -0.25) is 4.31 Å². The number of hydrogen-bond acceptors (Lipinski definition) is 4. The molecule has 0 amide bonds. The zero-order chi connectivity index (χ0) is 20.0. The molecule has 0 saturated heterocycles. The Labute approximate surface area is 173 Å². The van der Waals surface area contributed by atoms with Gasteiger partial charge in [0.05, 0.1) is 17.1 Å². The van der Waals surface area contributed by atoms with Crippen molar-refractivity contribution in [2.24, 2.45) is 0 Å². The number of sulfonamides is 1. The zero-order valence-electron chi connectivity index (χ0n) is 15.0. The van der Waals surface area contributed by atoms with E-state index in [4.69, 9.17) is 4.74 Å². The van der Waals surface area contributed by atoms with E-state index in [0.29, 0.717) is 11.4 Å². The summed E-state index contributed by atoms with van der Waals surface area (Å²) in [6.45, 7) is -0.160. The lowest BCUT2D eigenvalue weighted by Gasteiger charge is -2.27. The number of halogens is 1. The number of aliphatic hydroxyl groups excluding tert-OH is 1. The molecule has 1 unspecified atom stereocenters. The Morgan fingerprint density at radius 1 is 0.893 bits per heavy atom. The molecule has 0 aliphatic carbocycles. The third-order valence-corrected chi connectivity index (χ3v) is 6.34. The van der Waals surface area contributed by atoms with Gasteiger partial charge in [-0.1, -0.05) is 52.3 Å². The van der Waals surface area contributed by atoms with Crippen LogP contribution in [0.1, 0.15) is 0 Å². The summed E-state index contributed by atoms with van der Waals surface area (Å²) in [5.41, 5.74) is 0.481. The largest absolute Gasteiger partial charge is 0.491 e. The van der Waals surface area contributed by atoms with Gasteiger partial charge >= 0.3 is 0 Å². The van der Waals surface area contributed by atoms with Crippen molar-refractivity contribution in [2.45, 2.75) is 11.0 Å². The molecule has 0 radical (unpaired) electrons. The second kappa shape index (κ2) is 9.23. The number of hydrogen-bond donors (Lipinski definition) is 1. The summed E-state index contributed by atoms with van der Waals surface area (Å²) in [4.78, 5) is 0.167. The van der Waals surface area contributed by atoms with Crippen molar-refractivity contribution < 1.29 is 18.3 Å². The monoisotopic (exact) mass is 461 g/mol. The average Bonchev–Trinajstić information content (AvgIpc) is 2.73. The quantitative estimate of drug-likeness (QED) is 0.548. The maximum Gasteiger partial charge on any atom is 0.264 e. The average molecular weight is 462 g/mol. The SMILES string of the molecule is O=S(=O)(c1ccccc1)N(CC(O)COc1ccc(Br)cc1)c1ccccc1. The van der Waals surface area contributed by atoms with Gasteiger partial charge in [-0.05, 0) is 48.5 Å². The van der Waals surface area contributed by atoms with Crippen LogP contribution in [0.15, 0.2) is 94.3 Å². The van der Waals surface area contributed by atoms with E-state index in [1.807, 2.05) is 18.2 Å². The van der Waals surface area contributed by atoms with Crippen molar-refractivity contribution in [2.75, 3.05) is 17.5 Å².